The quantitative estimate of drug-likeness (QED) is 0.580. The topological polar surface area (TPSA) is 98.9 Å². The van der Waals surface area contributed by atoms with Crippen molar-refractivity contribution in [2.24, 2.45) is 0 Å². The molecule has 0 unspecified atom stereocenters. The molecule has 0 aliphatic carbocycles. The Kier molecular flexibility index (Phi) is 4.94. The van der Waals surface area contributed by atoms with E-state index in [1.165, 1.54) is 6.07 Å². The molecular formula is C18H22N6O2. The molecule has 26 heavy (non-hydrogen) atoms. The van der Waals surface area contributed by atoms with Gasteiger partial charge in [0.05, 0.1) is 18.9 Å². The van der Waals surface area contributed by atoms with Crippen LogP contribution in [0.3, 0.4) is 0 Å². The van der Waals surface area contributed by atoms with E-state index in [1.807, 2.05) is 18.3 Å². The Hall–Kier alpha value is -2.71. The zero-order valence-electron chi connectivity index (χ0n) is 14.5. The number of anilines is 1. The van der Waals surface area contributed by atoms with Crippen LogP contribution in [-0.4, -0.2) is 64.2 Å². The fraction of sp³-hybridized carbons (Fsp3) is 0.389. The minimum Gasteiger partial charge on any atom is -0.379 e. The number of aromatic amines is 2. The molecule has 0 saturated carbocycles. The monoisotopic (exact) mass is 354 g/mol. The van der Waals surface area contributed by atoms with Gasteiger partial charge in [-0.1, -0.05) is 0 Å². The summed E-state index contributed by atoms with van der Waals surface area (Å²) in [7, 11) is 0. The normalized spacial score (nSPS) is 15.4. The van der Waals surface area contributed by atoms with Crippen LogP contribution >= 0.6 is 0 Å². The second-order valence-electron chi connectivity index (χ2n) is 6.32. The number of aromatic nitrogens is 4. The molecule has 3 N–H and O–H groups in total. The molecule has 3 aromatic heterocycles. The lowest BCUT2D eigenvalue weighted by atomic mass is 10.1. The highest BCUT2D eigenvalue weighted by Crippen LogP contribution is 2.25. The Morgan fingerprint density at radius 3 is 3.08 bits per heavy atom. The molecule has 1 fully saturated rings. The van der Waals surface area contributed by atoms with Crippen LogP contribution in [0.1, 0.15) is 6.42 Å². The van der Waals surface area contributed by atoms with E-state index in [0.29, 0.717) is 11.6 Å². The summed E-state index contributed by atoms with van der Waals surface area (Å²) >= 11 is 0. The first kappa shape index (κ1) is 16.7. The number of hydrogen-bond acceptors (Lipinski definition) is 6. The molecule has 136 valence electrons. The number of nitrogens with zero attached hydrogens (tertiary/aromatic N) is 3. The predicted octanol–water partition coefficient (Wildman–Crippen LogP) is 1.45. The summed E-state index contributed by atoms with van der Waals surface area (Å²) in [4.78, 5) is 29.1. The second-order valence-corrected chi connectivity index (χ2v) is 6.32. The Morgan fingerprint density at radius 2 is 2.19 bits per heavy atom. The highest BCUT2D eigenvalue weighted by atomic mass is 16.5. The molecule has 0 bridgehead atoms. The number of nitrogens with one attached hydrogen (secondary N) is 3. The highest BCUT2D eigenvalue weighted by molar-refractivity contribution is 5.92. The molecule has 0 spiro atoms. The number of morpholine rings is 1. The van der Waals surface area contributed by atoms with Crippen molar-refractivity contribution in [3.05, 3.63) is 40.9 Å². The number of hydrogen-bond donors (Lipinski definition) is 3. The molecule has 1 saturated heterocycles. The van der Waals surface area contributed by atoms with Crippen LogP contribution in [0.4, 0.5) is 5.95 Å². The van der Waals surface area contributed by atoms with Crippen molar-refractivity contribution in [1.29, 1.82) is 0 Å². The standard InChI is InChI=1S/C18H22N6O2/c25-16-11-15(14-12-21-17-13(14)3-1-4-19-17)22-18(23-16)20-5-2-6-24-7-9-26-10-8-24/h1,3-4,11-12H,2,5-10H2,(H,19,21)(H2,20,22,23,25). The zero-order valence-corrected chi connectivity index (χ0v) is 14.5. The van der Waals surface area contributed by atoms with Gasteiger partial charge in [0.15, 0.2) is 0 Å². The third kappa shape index (κ3) is 3.76. The van der Waals surface area contributed by atoms with Gasteiger partial charge >= 0.3 is 0 Å². The molecule has 0 atom stereocenters. The maximum absolute atomic E-state index is 12.0. The number of fused-ring (bicyclic) bond motifs is 1. The van der Waals surface area contributed by atoms with Gasteiger partial charge in [0, 0.05) is 49.0 Å². The summed E-state index contributed by atoms with van der Waals surface area (Å²) < 4.78 is 5.35. The van der Waals surface area contributed by atoms with Crippen molar-refractivity contribution in [2.45, 2.75) is 6.42 Å². The van der Waals surface area contributed by atoms with Gasteiger partial charge in [-0.25, -0.2) is 9.97 Å². The van der Waals surface area contributed by atoms with Crippen LogP contribution in [-0.2, 0) is 4.74 Å². The first-order valence-corrected chi connectivity index (χ1v) is 8.87. The van der Waals surface area contributed by atoms with Crippen molar-refractivity contribution < 1.29 is 4.74 Å². The Morgan fingerprint density at radius 1 is 1.31 bits per heavy atom. The summed E-state index contributed by atoms with van der Waals surface area (Å²) in [5, 5.41) is 4.17. The van der Waals surface area contributed by atoms with Gasteiger partial charge in [0.1, 0.15) is 5.65 Å². The molecule has 0 aromatic carbocycles. The number of rotatable bonds is 6. The van der Waals surface area contributed by atoms with E-state index in [9.17, 15) is 4.79 Å². The maximum Gasteiger partial charge on any atom is 0.252 e. The minimum absolute atomic E-state index is 0.177. The first-order valence-electron chi connectivity index (χ1n) is 8.87. The van der Waals surface area contributed by atoms with Gasteiger partial charge in [-0.15, -0.1) is 0 Å². The van der Waals surface area contributed by atoms with Crippen LogP contribution in [0.15, 0.2) is 35.4 Å². The summed E-state index contributed by atoms with van der Waals surface area (Å²) in [5.41, 5.74) is 2.10. The lowest BCUT2D eigenvalue weighted by Crippen LogP contribution is -2.37. The lowest BCUT2D eigenvalue weighted by Gasteiger charge is -2.26. The van der Waals surface area contributed by atoms with Crippen molar-refractivity contribution >= 4 is 17.0 Å². The summed E-state index contributed by atoms with van der Waals surface area (Å²) in [6.07, 6.45) is 4.54. The highest BCUT2D eigenvalue weighted by Gasteiger charge is 2.11. The van der Waals surface area contributed by atoms with Crippen LogP contribution in [0.5, 0.6) is 0 Å². The van der Waals surface area contributed by atoms with Crippen LogP contribution in [0, 0.1) is 0 Å². The number of ether oxygens (including phenoxy) is 1. The van der Waals surface area contributed by atoms with Crippen molar-refractivity contribution in [3.63, 3.8) is 0 Å². The molecule has 0 radical (unpaired) electrons. The minimum atomic E-state index is -0.177. The van der Waals surface area contributed by atoms with Gasteiger partial charge in [-0.3, -0.25) is 14.7 Å². The molecule has 1 aliphatic heterocycles. The molecule has 8 nitrogen and oxygen atoms in total. The third-order valence-electron chi connectivity index (χ3n) is 4.52. The largest absolute Gasteiger partial charge is 0.379 e. The predicted molar refractivity (Wildman–Crippen MR) is 100 cm³/mol. The molecule has 4 heterocycles. The van der Waals surface area contributed by atoms with E-state index in [2.05, 4.69) is 30.2 Å². The van der Waals surface area contributed by atoms with E-state index in [4.69, 9.17) is 4.74 Å². The van der Waals surface area contributed by atoms with Crippen molar-refractivity contribution in [2.75, 3.05) is 44.7 Å². The van der Waals surface area contributed by atoms with Crippen LogP contribution < -0.4 is 10.9 Å². The van der Waals surface area contributed by atoms with E-state index >= 15 is 0 Å². The summed E-state index contributed by atoms with van der Waals surface area (Å²) in [5.74, 6) is 0.493. The first-order chi connectivity index (χ1) is 12.8. The van der Waals surface area contributed by atoms with Gasteiger partial charge in [-0.05, 0) is 25.1 Å². The molecular weight excluding hydrogens is 332 g/mol. The van der Waals surface area contributed by atoms with Gasteiger partial charge in [0.2, 0.25) is 5.95 Å². The molecule has 1 aliphatic rings. The Bertz CT molecular complexity index is 929. The number of pyridine rings is 1. The SMILES string of the molecule is O=c1cc(-c2c[nH]c3ncccc23)nc(NCCCN2CCOCC2)[nH]1. The fourth-order valence-electron chi connectivity index (χ4n) is 3.18. The van der Waals surface area contributed by atoms with Gasteiger partial charge in [-0.2, -0.15) is 0 Å². The Balaban J connectivity index is 1.44. The van der Waals surface area contributed by atoms with Crippen LogP contribution in [0.2, 0.25) is 0 Å². The van der Waals surface area contributed by atoms with Crippen molar-refractivity contribution in [3.8, 4) is 11.3 Å². The average Bonchev–Trinajstić information content (AvgIpc) is 3.10. The van der Waals surface area contributed by atoms with Gasteiger partial charge < -0.3 is 15.0 Å². The molecule has 3 aromatic rings. The Labute approximate surface area is 150 Å². The van der Waals surface area contributed by atoms with Crippen LogP contribution in [0.25, 0.3) is 22.3 Å². The van der Waals surface area contributed by atoms with E-state index < -0.39 is 0 Å². The summed E-state index contributed by atoms with van der Waals surface area (Å²) in [6.45, 7) is 5.35. The smallest absolute Gasteiger partial charge is 0.252 e. The lowest BCUT2D eigenvalue weighted by molar-refractivity contribution is 0.0378. The number of H-pyrrole nitrogens is 2. The van der Waals surface area contributed by atoms with Gasteiger partial charge in [0.25, 0.3) is 5.56 Å². The van der Waals surface area contributed by atoms with E-state index in [-0.39, 0.29) is 5.56 Å². The molecule has 0 amide bonds. The zero-order chi connectivity index (χ0) is 17.8. The average molecular weight is 354 g/mol. The van der Waals surface area contributed by atoms with Crippen molar-refractivity contribution in [1.82, 2.24) is 24.8 Å². The third-order valence-corrected chi connectivity index (χ3v) is 4.52. The molecule has 4 rings (SSSR count). The second kappa shape index (κ2) is 7.67. The fourth-order valence-corrected chi connectivity index (χ4v) is 3.18. The van der Waals surface area contributed by atoms with E-state index in [1.54, 1.807) is 6.20 Å². The van der Waals surface area contributed by atoms with E-state index in [0.717, 1.165) is 62.4 Å². The summed E-state index contributed by atoms with van der Waals surface area (Å²) in [6, 6.07) is 5.35. The maximum atomic E-state index is 12.0. The molecule has 8 heteroatoms.